The number of carbonyl (C=O) groups excluding carboxylic acids is 2. The molecule has 0 saturated carbocycles. The molecule has 8 nitrogen and oxygen atoms in total. The summed E-state index contributed by atoms with van der Waals surface area (Å²) in [6, 6.07) is 17.9. The average Bonchev–Trinajstić information content (AvgIpc) is 3.13. The van der Waals surface area contributed by atoms with Crippen LogP contribution in [0.2, 0.25) is 0 Å². The fourth-order valence-electron chi connectivity index (χ4n) is 4.02. The first kappa shape index (κ1) is 18.8. The standard InChI is InChI=1S/C23H17N3O5/c27-22(12-25-20-11-17(26(29)30)7-8-21(20)31-13-23(25)28)24-16-6-5-15-9-14-3-1-2-4-18(14)19(15)10-16/h1-8,10-11H,9,12-13H2,(H,24,27). The van der Waals surface area contributed by atoms with Crippen LogP contribution in [-0.2, 0) is 16.0 Å². The van der Waals surface area contributed by atoms with Gasteiger partial charge in [0.05, 0.1) is 10.6 Å². The molecule has 1 N–H and O–H groups in total. The Balaban J connectivity index is 1.37. The molecule has 0 bridgehead atoms. The molecule has 1 aliphatic carbocycles. The minimum absolute atomic E-state index is 0.181. The number of ether oxygens (including phenoxy) is 1. The highest BCUT2D eigenvalue weighted by atomic mass is 16.6. The van der Waals surface area contributed by atoms with Crippen LogP contribution in [0.3, 0.4) is 0 Å². The number of benzene rings is 3. The lowest BCUT2D eigenvalue weighted by Gasteiger charge is -2.28. The van der Waals surface area contributed by atoms with Crippen molar-refractivity contribution in [2.24, 2.45) is 0 Å². The molecule has 0 atom stereocenters. The number of amides is 2. The van der Waals surface area contributed by atoms with Crippen molar-refractivity contribution in [2.45, 2.75) is 6.42 Å². The third-order valence-electron chi connectivity index (χ3n) is 5.48. The molecule has 0 aromatic heterocycles. The van der Waals surface area contributed by atoms with Crippen molar-refractivity contribution in [1.29, 1.82) is 0 Å². The largest absolute Gasteiger partial charge is 0.482 e. The van der Waals surface area contributed by atoms with Crippen molar-refractivity contribution >= 4 is 28.9 Å². The van der Waals surface area contributed by atoms with Gasteiger partial charge in [-0.1, -0.05) is 30.3 Å². The number of nitro groups is 1. The summed E-state index contributed by atoms with van der Waals surface area (Å²) in [6.45, 7) is -0.502. The van der Waals surface area contributed by atoms with Crippen LogP contribution in [-0.4, -0.2) is 29.9 Å². The fourth-order valence-corrected chi connectivity index (χ4v) is 4.02. The van der Waals surface area contributed by atoms with Gasteiger partial charge in [-0.15, -0.1) is 0 Å². The second-order valence-electron chi connectivity index (χ2n) is 7.43. The van der Waals surface area contributed by atoms with Gasteiger partial charge in [0.1, 0.15) is 12.3 Å². The van der Waals surface area contributed by atoms with Gasteiger partial charge in [0.25, 0.3) is 11.6 Å². The predicted octanol–water partition coefficient (Wildman–Crippen LogP) is 3.53. The van der Waals surface area contributed by atoms with Crippen molar-refractivity contribution in [2.75, 3.05) is 23.4 Å². The van der Waals surface area contributed by atoms with Gasteiger partial charge in [-0.3, -0.25) is 24.6 Å². The van der Waals surface area contributed by atoms with Gasteiger partial charge in [-0.25, -0.2) is 0 Å². The molecule has 0 unspecified atom stereocenters. The van der Waals surface area contributed by atoms with Gasteiger partial charge in [0.2, 0.25) is 5.91 Å². The average molecular weight is 415 g/mol. The van der Waals surface area contributed by atoms with Crippen LogP contribution >= 0.6 is 0 Å². The predicted molar refractivity (Wildman–Crippen MR) is 114 cm³/mol. The molecule has 31 heavy (non-hydrogen) atoms. The van der Waals surface area contributed by atoms with Crippen LogP contribution < -0.4 is 15.0 Å². The molecule has 3 aromatic carbocycles. The van der Waals surface area contributed by atoms with Gasteiger partial charge in [0.15, 0.2) is 6.61 Å². The Kier molecular flexibility index (Phi) is 4.39. The van der Waals surface area contributed by atoms with E-state index in [1.54, 1.807) is 0 Å². The number of nitrogens with zero attached hydrogens (tertiary/aromatic N) is 2. The van der Waals surface area contributed by atoms with Gasteiger partial charge < -0.3 is 10.1 Å². The van der Waals surface area contributed by atoms with E-state index in [9.17, 15) is 19.7 Å². The zero-order valence-corrected chi connectivity index (χ0v) is 16.3. The lowest BCUT2D eigenvalue weighted by molar-refractivity contribution is -0.384. The Morgan fingerprint density at radius 3 is 2.71 bits per heavy atom. The van der Waals surface area contributed by atoms with E-state index in [1.165, 1.54) is 34.2 Å². The second-order valence-corrected chi connectivity index (χ2v) is 7.43. The summed E-state index contributed by atoms with van der Waals surface area (Å²) >= 11 is 0. The molecule has 0 spiro atoms. The van der Waals surface area contributed by atoms with E-state index in [0.29, 0.717) is 11.4 Å². The van der Waals surface area contributed by atoms with Crippen molar-refractivity contribution in [3.8, 4) is 16.9 Å². The molecule has 0 radical (unpaired) electrons. The molecule has 3 aromatic rings. The molecule has 8 heteroatoms. The van der Waals surface area contributed by atoms with Crippen LogP contribution in [0.25, 0.3) is 11.1 Å². The van der Waals surface area contributed by atoms with E-state index < -0.39 is 16.7 Å². The van der Waals surface area contributed by atoms with E-state index in [2.05, 4.69) is 17.4 Å². The topological polar surface area (TPSA) is 102 Å². The summed E-state index contributed by atoms with van der Waals surface area (Å²) in [5.74, 6) is -0.517. The number of non-ortho nitro benzene ring substituents is 1. The number of hydrogen-bond acceptors (Lipinski definition) is 5. The molecular weight excluding hydrogens is 398 g/mol. The highest BCUT2D eigenvalue weighted by Gasteiger charge is 2.29. The summed E-state index contributed by atoms with van der Waals surface area (Å²) in [7, 11) is 0. The Morgan fingerprint density at radius 2 is 1.87 bits per heavy atom. The summed E-state index contributed by atoms with van der Waals surface area (Å²) in [6.07, 6.45) is 0.859. The number of nitro benzene ring substituents is 1. The molecule has 5 rings (SSSR count). The van der Waals surface area contributed by atoms with Crippen LogP contribution in [0.4, 0.5) is 17.1 Å². The van der Waals surface area contributed by atoms with Crippen LogP contribution in [0.5, 0.6) is 5.75 Å². The smallest absolute Gasteiger partial charge is 0.271 e. The lowest BCUT2D eigenvalue weighted by Crippen LogP contribution is -2.43. The molecule has 0 fully saturated rings. The number of rotatable bonds is 4. The fraction of sp³-hybridized carbons (Fsp3) is 0.130. The van der Waals surface area contributed by atoms with Gasteiger partial charge in [0, 0.05) is 17.8 Å². The molecule has 154 valence electrons. The Morgan fingerprint density at radius 1 is 1.06 bits per heavy atom. The minimum atomic E-state index is -0.556. The molecule has 0 saturated heterocycles. The zero-order valence-electron chi connectivity index (χ0n) is 16.3. The lowest BCUT2D eigenvalue weighted by atomic mass is 10.1. The number of nitrogens with one attached hydrogen (secondary N) is 1. The molecular formula is C23H17N3O5. The highest BCUT2D eigenvalue weighted by molar-refractivity contribution is 6.05. The first-order valence-corrected chi connectivity index (χ1v) is 9.72. The minimum Gasteiger partial charge on any atom is -0.482 e. The summed E-state index contributed by atoms with van der Waals surface area (Å²) < 4.78 is 5.34. The Labute approximate surface area is 177 Å². The van der Waals surface area contributed by atoms with Crippen molar-refractivity contribution < 1.29 is 19.2 Å². The van der Waals surface area contributed by atoms with E-state index >= 15 is 0 Å². The van der Waals surface area contributed by atoms with E-state index in [4.69, 9.17) is 4.74 Å². The van der Waals surface area contributed by atoms with Gasteiger partial charge in [-0.05, 0) is 46.9 Å². The first-order chi connectivity index (χ1) is 15.0. The molecule has 1 aliphatic heterocycles. The number of hydrogen-bond donors (Lipinski definition) is 1. The Hall–Kier alpha value is -4.20. The quantitative estimate of drug-likeness (QED) is 0.406. The van der Waals surface area contributed by atoms with Gasteiger partial charge >= 0.3 is 0 Å². The van der Waals surface area contributed by atoms with E-state index in [1.807, 2.05) is 30.3 Å². The normalized spacial score (nSPS) is 13.7. The molecule has 2 amide bonds. The number of carbonyl (C=O) groups is 2. The molecule has 2 aliphatic rings. The summed E-state index contributed by atoms with van der Waals surface area (Å²) in [5, 5.41) is 13.9. The maximum atomic E-state index is 12.7. The summed E-state index contributed by atoms with van der Waals surface area (Å²) in [5.41, 5.74) is 5.33. The van der Waals surface area contributed by atoms with E-state index in [0.717, 1.165) is 17.5 Å². The van der Waals surface area contributed by atoms with Crippen LogP contribution in [0.1, 0.15) is 11.1 Å². The number of anilines is 2. The maximum absolute atomic E-state index is 12.7. The maximum Gasteiger partial charge on any atom is 0.271 e. The van der Waals surface area contributed by atoms with Crippen molar-refractivity contribution in [1.82, 2.24) is 0 Å². The van der Waals surface area contributed by atoms with Gasteiger partial charge in [-0.2, -0.15) is 0 Å². The third-order valence-corrected chi connectivity index (χ3v) is 5.48. The zero-order chi connectivity index (χ0) is 21.5. The Bertz CT molecular complexity index is 1250. The van der Waals surface area contributed by atoms with Crippen LogP contribution in [0, 0.1) is 10.1 Å². The monoisotopic (exact) mass is 415 g/mol. The van der Waals surface area contributed by atoms with Crippen LogP contribution in [0.15, 0.2) is 60.7 Å². The highest BCUT2D eigenvalue weighted by Crippen LogP contribution is 2.38. The summed E-state index contributed by atoms with van der Waals surface area (Å²) in [4.78, 5) is 36.8. The van der Waals surface area contributed by atoms with Crippen molar-refractivity contribution in [3.05, 3.63) is 81.9 Å². The van der Waals surface area contributed by atoms with Crippen molar-refractivity contribution in [3.63, 3.8) is 0 Å². The second kappa shape index (κ2) is 7.24. The molecule has 1 heterocycles. The van der Waals surface area contributed by atoms with E-state index in [-0.39, 0.29) is 24.5 Å². The number of fused-ring (bicyclic) bond motifs is 4. The first-order valence-electron chi connectivity index (χ1n) is 9.72. The SMILES string of the molecule is O=C(CN1C(=O)COc2ccc([N+](=O)[O-])cc21)Nc1ccc2c(c1)-c1ccccc1C2. The third kappa shape index (κ3) is 3.38.